The Kier molecular flexibility index (Phi) is 7.38. The van der Waals surface area contributed by atoms with E-state index in [0.717, 1.165) is 67.5 Å². The molecule has 8 atom stereocenters. The van der Waals surface area contributed by atoms with Crippen LogP contribution >= 0.6 is 0 Å². The van der Waals surface area contributed by atoms with Gasteiger partial charge in [0.1, 0.15) is 0 Å². The Morgan fingerprint density at radius 2 is 1.46 bits per heavy atom. The number of nitrogens with zero attached hydrogens (tertiary/aromatic N) is 1. The molecule has 7 saturated carbocycles. The fourth-order valence-corrected chi connectivity index (χ4v) is 15.1. The lowest BCUT2D eigenvalue weighted by atomic mass is 9.32. The third-order valence-electron chi connectivity index (χ3n) is 16.8. The van der Waals surface area contributed by atoms with Gasteiger partial charge in [-0.2, -0.15) is 0 Å². The first-order chi connectivity index (χ1) is 23.7. The molecule has 1 aromatic rings. The number of Topliss-reactive ketones (excluding diaryl/α,β-unsaturated/α-hetero) is 1. The van der Waals surface area contributed by atoms with Gasteiger partial charge in [-0.05, 0) is 138 Å². The lowest BCUT2D eigenvalue weighted by Crippen LogP contribution is -2.68. The molecule has 7 fully saturated rings. The van der Waals surface area contributed by atoms with E-state index in [1.807, 2.05) is 44.2 Å². The summed E-state index contributed by atoms with van der Waals surface area (Å²) in [7, 11) is 0. The highest BCUT2D eigenvalue weighted by molar-refractivity contribution is 6.10. The number of aliphatic hydroxyl groups excluding tert-OH is 1. The van der Waals surface area contributed by atoms with E-state index in [2.05, 4.69) is 42.3 Å². The summed E-state index contributed by atoms with van der Waals surface area (Å²) in [6.45, 7) is 9.90. The summed E-state index contributed by atoms with van der Waals surface area (Å²) < 4.78 is 0. The number of rotatable bonds is 7. The van der Waals surface area contributed by atoms with Crippen LogP contribution in [0.4, 0.5) is 4.79 Å². The van der Waals surface area contributed by atoms with E-state index in [1.54, 1.807) is 0 Å². The molecule has 0 aliphatic heterocycles. The minimum atomic E-state index is -1.06. The molecule has 0 heterocycles. The number of nitrogens with one attached hydrogen (secondary N) is 1. The zero-order valence-corrected chi connectivity index (χ0v) is 30.9. The van der Waals surface area contributed by atoms with E-state index < -0.39 is 16.4 Å². The third-order valence-corrected chi connectivity index (χ3v) is 16.8. The lowest BCUT2D eigenvalue weighted by molar-refractivity contribution is -0.176. The Labute approximate surface area is 299 Å². The second-order valence-electron chi connectivity index (χ2n) is 19.9. The van der Waals surface area contributed by atoms with Gasteiger partial charge < -0.3 is 20.4 Å². The van der Waals surface area contributed by atoms with Gasteiger partial charge in [-0.3, -0.25) is 4.79 Å². The van der Waals surface area contributed by atoms with Crippen LogP contribution in [0.1, 0.15) is 122 Å². The van der Waals surface area contributed by atoms with Gasteiger partial charge in [-0.15, -0.1) is 0 Å². The third kappa shape index (κ3) is 4.51. The molecular formula is C44H60N2O4. The Hall–Kier alpha value is -2.44. The molecule has 3 N–H and O–H groups in total. The highest BCUT2D eigenvalue weighted by atomic mass is 16.3. The van der Waals surface area contributed by atoms with Gasteiger partial charge in [0.2, 0.25) is 0 Å². The maximum Gasteiger partial charge on any atom is 0.317 e. The van der Waals surface area contributed by atoms with E-state index in [9.17, 15) is 19.8 Å². The molecule has 2 amide bonds. The number of aliphatic hydroxyl groups is 2. The predicted molar refractivity (Wildman–Crippen MR) is 195 cm³/mol. The number of benzene rings is 1. The maximum absolute atomic E-state index is 14.8. The number of hydrogen-bond donors (Lipinski definition) is 3. The van der Waals surface area contributed by atoms with Crippen LogP contribution in [-0.2, 0) is 0 Å². The number of amides is 2. The molecule has 10 aliphatic carbocycles. The monoisotopic (exact) mass is 680 g/mol. The molecule has 0 radical (unpaired) electrons. The van der Waals surface area contributed by atoms with Gasteiger partial charge >= 0.3 is 6.03 Å². The number of fused-ring (bicyclic) bond motifs is 1. The van der Waals surface area contributed by atoms with Crippen molar-refractivity contribution in [2.45, 2.75) is 129 Å². The summed E-state index contributed by atoms with van der Waals surface area (Å²) >= 11 is 0. The van der Waals surface area contributed by atoms with Crippen molar-refractivity contribution in [2.24, 2.45) is 56.7 Å². The predicted octanol–water partition coefficient (Wildman–Crippen LogP) is 8.10. The van der Waals surface area contributed by atoms with Crippen LogP contribution in [0.15, 0.2) is 54.1 Å². The minimum Gasteiger partial charge on any atom is -0.393 e. The van der Waals surface area contributed by atoms with E-state index >= 15 is 0 Å². The minimum absolute atomic E-state index is 0.0265. The first-order valence-corrected chi connectivity index (χ1v) is 20.2. The van der Waals surface area contributed by atoms with Crippen LogP contribution in [0.3, 0.4) is 0 Å². The van der Waals surface area contributed by atoms with E-state index in [-0.39, 0.29) is 52.0 Å². The number of hydrogen-bond acceptors (Lipinski definition) is 4. The molecule has 6 heteroatoms. The number of carbonyl (C=O) groups is 2. The van der Waals surface area contributed by atoms with Crippen molar-refractivity contribution in [2.75, 3.05) is 13.1 Å². The fraction of sp³-hybridized carbons (Fsp3) is 0.727. The zero-order valence-electron chi connectivity index (χ0n) is 30.9. The van der Waals surface area contributed by atoms with Crippen molar-refractivity contribution in [1.82, 2.24) is 10.2 Å². The van der Waals surface area contributed by atoms with E-state index in [1.165, 1.54) is 38.5 Å². The van der Waals surface area contributed by atoms with E-state index in [0.29, 0.717) is 19.4 Å². The highest BCUT2D eigenvalue weighted by Crippen LogP contribution is 2.78. The van der Waals surface area contributed by atoms with Crippen LogP contribution < -0.4 is 5.32 Å². The van der Waals surface area contributed by atoms with Crippen molar-refractivity contribution in [3.63, 3.8) is 0 Å². The average Bonchev–Trinajstić information content (AvgIpc) is 3.33. The molecule has 50 heavy (non-hydrogen) atoms. The number of ketones is 1. The van der Waals surface area contributed by atoms with Gasteiger partial charge in [0.25, 0.3) is 0 Å². The van der Waals surface area contributed by atoms with Gasteiger partial charge in [0, 0.05) is 40.0 Å². The summed E-state index contributed by atoms with van der Waals surface area (Å²) in [4.78, 5) is 31.0. The van der Waals surface area contributed by atoms with Gasteiger partial charge in [-0.25, -0.2) is 4.79 Å². The molecule has 0 aromatic heterocycles. The second kappa shape index (κ2) is 11.0. The normalized spacial score (nSPS) is 47.8. The first kappa shape index (κ1) is 33.4. The van der Waals surface area contributed by atoms with Crippen molar-refractivity contribution < 1.29 is 19.8 Å². The summed E-state index contributed by atoms with van der Waals surface area (Å²) in [6, 6.07) is 9.74. The van der Waals surface area contributed by atoms with Gasteiger partial charge in [-0.1, -0.05) is 62.4 Å². The largest absolute Gasteiger partial charge is 0.393 e. The molecule has 2 spiro atoms. The molecule has 1 unspecified atom stereocenters. The second-order valence-corrected chi connectivity index (χ2v) is 19.9. The number of carbonyl (C=O) groups excluding carboxylic acids is 2. The van der Waals surface area contributed by atoms with Gasteiger partial charge in [0.15, 0.2) is 5.78 Å². The lowest BCUT2D eigenvalue weighted by Gasteiger charge is -2.71. The zero-order chi connectivity index (χ0) is 34.9. The molecule has 0 saturated heterocycles. The van der Waals surface area contributed by atoms with Crippen molar-refractivity contribution in [3.8, 4) is 0 Å². The quantitative estimate of drug-likeness (QED) is 0.201. The molecule has 11 rings (SSSR count). The van der Waals surface area contributed by atoms with Crippen LogP contribution in [0.2, 0.25) is 0 Å². The van der Waals surface area contributed by atoms with E-state index in [4.69, 9.17) is 0 Å². The van der Waals surface area contributed by atoms with Gasteiger partial charge in [0.05, 0.1) is 18.2 Å². The smallest absolute Gasteiger partial charge is 0.317 e. The van der Waals surface area contributed by atoms with Crippen LogP contribution in [-0.4, -0.2) is 57.8 Å². The Morgan fingerprint density at radius 1 is 0.840 bits per heavy atom. The summed E-state index contributed by atoms with van der Waals surface area (Å²) in [6.07, 6.45) is 20.2. The Bertz CT molecular complexity index is 1600. The molecule has 1 aromatic carbocycles. The topological polar surface area (TPSA) is 89.9 Å². The molecule has 6 nitrogen and oxygen atoms in total. The Morgan fingerprint density at radius 3 is 2.12 bits per heavy atom. The number of urea groups is 1. The molecule has 6 bridgehead atoms. The molecular weight excluding hydrogens is 620 g/mol. The maximum atomic E-state index is 14.8. The Balaban J connectivity index is 1.10. The SMILES string of the molecule is CC(C)NC(=O)N(CC12CC3CC(CC(C3)C1)C2)C[C@]1(O)CC[C@H]2[C@]34C=C[C@@]5(C=C3C(=O)c3ccccc3)CC(O)CC[C@]5(C)[C@H]4CC[C@@]21C. The van der Waals surface area contributed by atoms with Crippen LogP contribution in [0.5, 0.6) is 0 Å². The van der Waals surface area contributed by atoms with Crippen molar-refractivity contribution in [1.29, 1.82) is 0 Å². The van der Waals surface area contributed by atoms with Crippen molar-refractivity contribution >= 4 is 11.8 Å². The molecule has 270 valence electrons. The van der Waals surface area contributed by atoms with Crippen LogP contribution in [0.25, 0.3) is 0 Å². The first-order valence-electron chi connectivity index (χ1n) is 20.2. The van der Waals surface area contributed by atoms with Crippen LogP contribution in [0, 0.1) is 56.7 Å². The molecule has 10 aliphatic rings. The van der Waals surface area contributed by atoms with Crippen molar-refractivity contribution in [3.05, 3.63) is 59.7 Å². The standard InChI is InChI=1S/C44H60N2O4/c1-28(2)45-38(49)46(26-41-21-29-18-30(22-41)20-31(19-29)23-41)27-43(50)15-12-36-40(43,4)14-11-35-39(3)13-10-33(47)24-42(39)16-17-44(35,36)34(25-42)37(48)32-8-6-5-7-9-32/h5-9,16-17,25,28-31,33,35-36,47,50H,10-15,18-24,26-27H2,1-4H3,(H,45,49)/t29?,30?,31?,33?,35-,36-,39-,40+,41?,42+,43-,44-/m1/s1. The summed E-state index contributed by atoms with van der Waals surface area (Å²) in [5, 5.41) is 27.5. The number of allylic oxidation sites excluding steroid dienone is 4. The summed E-state index contributed by atoms with van der Waals surface area (Å²) in [5.41, 5.74) is -0.642. The highest BCUT2D eigenvalue weighted by Gasteiger charge is 2.74. The fourth-order valence-electron chi connectivity index (χ4n) is 15.1. The average molecular weight is 681 g/mol. The summed E-state index contributed by atoms with van der Waals surface area (Å²) in [5.74, 6) is 2.83.